The maximum absolute atomic E-state index is 15.0. The van der Waals surface area contributed by atoms with Gasteiger partial charge in [0.05, 0.1) is 0 Å². The zero-order chi connectivity index (χ0) is 19.6. The highest BCUT2D eigenvalue weighted by atomic mass is 35.5. The first kappa shape index (κ1) is 17.0. The summed E-state index contributed by atoms with van der Waals surface area (Å²) in [6, 6.07) is 32.3. The third kappa shape index (κ3) is 2.20. The lowest BCUT2D eigenvalue weighted by molar-refractivity contribution is 0.593. The van der Waals surface area contributed by atoms with Gasteiger partial charge < -0.3 is 4.57 Å². The van der Waals surface area contributed by atoms with Gasteiger partial charge in [-0.3, -0.25) is 0 Å². The summed E-state index contributed by atoms with van der Waals surface area (Å²) in [7, 11) is -3.01. The van der Waals surface area contributed by atoms with E-state index in [4.69, 9.17) is 11.6 Å². The first-order chi connectivity index (χ1) is 14.2. The van der Waals surface area contributed by atoms with Gasteiger partial charge in [-0.15, -0.1) is 0 Å². The van der Waals surface area contributed by atoms with Gasteiger partial charge in [0.1, 0.15) is 0 Å². The summed E-state index contributed by atoms with van der Waals surface area (Å²) in [4.78, 5) is 0. The van der Waals surface area contributed by atoms with Crippen LogP contribution in [-0.4, -0.2) is 0 Å². The van der Waals surface area contributed by atoms with E-state index < -0.39 is 7.14 Å². The predicted octanol–water partition coefficient (Wildman–Crippen LogP) is 6.27. The highest BCUT2D eigenvalue weighted by Crippen LogP contribution is 2.55. The predicted molar refractivity (Wildman–Crippen MR) is 125 cm³/mol. The van der Waals surface area contributed by atoms with E-state index >= 15 is 0 Å². The van der Waals surface area contributed by atoms with Crippen molar-refractivity contribution in [2.45, 2.75) is 0 Å². The molecule has 5 aromatic rings. The monoisotopic (exact) mass is 410 g/mol. The summed E-state index contributed by atoms with van der Waals surface area (Å²) in [6.45, 7) is 0. The number of rotatable bonds is 1. The third-order valence-corrected chi connectivity index (χ3v) is 9.33. The molecule has 0 aromatic heterocycles. The molecule has 1 atom stereocenters. The number of benzene rings is 5. The Morgan fingerprint density at radius 1 is 0.621 bits per heavy atom. The van der Waals surface area contributed by atoms with Gasteiger partial charge in [0.25, 0.3) is 0 Å². The first-order valence-corrected chi connectivity index (χ1v) is 11.7. The van der Waals surface area contributed by atoms with Gasteiger partial charge in [-0.05, 0) is 39.2 Å². The summed E-state index contributed by atoms with van der Waals surface area (Å²) >= 11 is 6.38. The topological polar surface area (TPSA) is 17.1 Å². The average molecular weight is 411 g/mol. The fourth-order valence-electron chi connectivity index (χ4n) is 4.73. The Bertz CT molecular complexity index is 1490. The molecule has 29 heavy (non-hydrogen) atoms. The molecule has 3 heteroatoms. The Hall–Kier alpha value is -2.86. The molecule has 1 heterocycles. The van der Waals surface area contributed by atoms with Crippen LogP contribution in [0, 0.1) is 0 Å². The summed E-state index contributed by atoms with van der Waals surface area (Å²) in [5.74, 6) is 0. The number of fused-ring (bicyclic) bond motifs is 8. The second-order valence-electron chi connectivity index (χ2n) is 7.42. The van der Waals surface area contributed by atoms with Crippen LogP contribution in [0.25, 0.3) is 32.7 Å². The van der Waals surface area contributed by atoms with Crippen molar-refractivity contribution in [3.63, 3.8) is 0 Å². The van der Waals surface area contributed by atoms with Crippen molar-refractivity contribution in [3.05, 3.63) is 102 Å². The fourth-order valence-corrected chi connectivity index (χ4v) is 8.18. The van der Waals surface area contributed by atoms with Crippen molar-refractivity contribution in [1.82, 2.24) is 0 Å². The lowest BCUT2D eigenvalue weighted by atomic mass is 9.93. The van der Waals surface area contributed by atoms with E-state index in [1.165, 1.54) is 0 Å². The normalized spacial score (nSPS) is 17.4. The van der Waals surface area contributed by atoms with Gasteiger partial charge in [0, 0.05) is 26.5 Å². The Morgan fingerprint density at radius 2 is 1.31 bits per heavy atom. The molecule has 0 saturated heterocycles. The molecule has 0 fully saturated rings. The maximum Gasteiger partial charge on any atom is 0.172 e. The SMILES string of the molecule is O=P1(c2ccccc2)c2ccccc2-c2c1c1ccc(Cl)cc1c1ccccc21. The molecule has 1 aliphatic rings. The van der Waals surface area contributed by atoms with Crippen molar-refractivity contribution in [3.8, 4) is 11.1 Å². The molecule has 1 aliphatic heterocycles. The van der Waals surface area contributed by atoms with Gasteiger partial charge in [0.15, 0.2) is 7.14 Å². The molecule has 1 nitrogen and oxygen atoms in total. The zero-order valence-electron chi connectivity index (χ0n) is 15.5. The van der Waals surface area contributed by atoms with E-state index in [1.807, 2.05) is 78.9 Å². The first-order valence-electron chi connectivity index (χ1n) is 9.60. The Kier molecular flexibility index (Phi) is 3.56. The minimum Gasteiger partial charge on any atom is -0.309 e. The molecule has 5 aromatic carbocycles. The standard InChI is InChI=1S/C26H16ClOP/c27-17-14-15-21-23(16-17)19-10-4-5-11-20(19)25-22-12-6-7-13-24(22)29(28,26(21)25)18-8-2-1-3-9-18/h1-16H. The van der Waals surface area contributed by atoms with Crippen LogP contribution in [0.2, 0.25) is 5.02 Å². The van der Waals surface area contributed by atoms with E-state index in [-0.39, 0.29) is 0 Å². The molecular formula is C26H16ClOP. The van der Waals surface area contributed by atoms with Crippen LogP contribution in [0.1, 0.15) is 0 Å². The van der Waals surface area contributed by atoms with Crippen molar-refractivity contribution in [2.24, 2.45) is 0 Å². The highest BCUT2D eigenvalue weighted by Gasteiger charge is 2.42. The quantitative estimate of drug-likeness (QED) is 0.231. The minimum absolute atomic E-state index is 0.688. The molecule has 6 rings (SSSR count). The number of hydrogen-bond acceptors (Lipinski definition) is 1. The van der Waals surface area contributed by atoms with Crippen LogP contribution in [0.15, 0.2) is 97.1 Å². The highest BCUT2D eigenvalue weighted by molar-refractivity contribution is 7.87. The van der Waals surface area contributed by atoms with Crippen molar-refractivity contribution >= 4 is 56.2 Å². The van der Waals surface area contributed by atoms with Crippen LogP contribution in [0.5, 0.6) is 0 Å². The fraction of sp³-hybridized carbons (Fsp3) is 0. The Labute approximate surface area is 173 Å². The molecule has 0 aliphatic carbocycles. The summed E-state index contributed by atoms with van der Waals surface area (Å²) < 4.78 is 15.0. The maximum atomic E-state index is 15.0. The summed E-state index contributed by atoms with van der Waals surface area (Å²) in [6.07, 6.45) is 0. The Morgan fingerprint density at radius 3 is 2.14 bits per heavy atom. The molecule has 0 spiro atoms. The van der Waals surface area contributed by atoms with Gasteiger partial charge in [0.2, 0.25) is 0 Å². The smallest absolute Gasteiger partial charge is 0.172 e. The van der Waals surface area contributed by atoms with Crippen molar-refractivity contribution < 1.29 is 4.57 Å². The van der Waals surface area contributed by atoms with Gasteiger partial charge >= 0.3 is 0 Å². The average Bonchev–Trinajstić information content (AvgIpc) is 3.05. The molecule has 138 valence electrons. The van der Waals surface area contributed by atoms with Crippen LogP contribution < -0.4 is 15.9 Å². The molecule has 0 amide bonds. The summed E-state index contributed by atoms with van der Waals surface area (Å²) in [5, 5.41) is 7.76. The van der Waals surface area contributed by atoms with E-state index in [9.17, 15) is 4.57 Å². The van der Waals surface area contributed by atoms with Crippen molar-refractivity contribution in [1.29, 1.82) is 0 Å². The lowest BCUT2D eigenvalue weighted by Gasteiger charge is -2.19. The summed E-state index contributed by atoms with van der Waals surface area (Å²) in [5.41, 5.74) is 2.17. The van der Waals surface area contributed by atoms with E-state index in [0.29, 0.717) is 5.02 Å². The molecule has 0 N–H and O–H groups in total. The van der Waals surface area contributed by atoms with Gasteiger partial charge in [-0.1, -0.05) is 96.5 Å². The molecule has 0 bridgehead atoms. The largest absolute Gasteiger partial charge is 0.309 e. The van der Waals surface area contributed by atoms with Crippen LogP contribution in [-0.2, 0) is 4.57 Å². The second-order valence-corrected chi connectivity index (χ2v) is 10.5. The zero-order valence-corrected chi connectivity index (χ0v) is 17.1. The van der Waals surface area contributed by atoms with Crippen LogP contribution >= 0.6 is 18.7 Å². The minimum atomic E-state index is -3.01. The number of halogens is 1. The second kappa shape index (κ2) is 6.07. The van der Waals surface area contributed by atoms with E-state index in [2.05, 4.69) is 18.2 Å². The lowest BCUT2D eigenvalue weighted by Crippen LogP contribution is -2.21. The number of hydrogen-bond donors (Lipinski definition) is 0. The van der Waals surface area contributed by atoms with E-state index in [1.54, 1.807) is 0 Å². The molecule has 0 saturated carbocycles. The van der Waals surface area contributed by atoms with Gasteiger partial charge in [-0.25, -0.2) is 0 Å². The van der Waals surface area contributed by atoms with Crippen LogP contribution in [0.3, 0.4) is 0 Å². The van der Waals surface area contributed by atoms with Crippen LogP contribution in [0.4, 0.5) is 0 Å². The molecule has 0 radical (unpaired) electrons. The van der Waals surface area contributed by atoms with E-state index in [0.717, 1.165) is 48.6 Å². The van der Waals surface area contributed by atoms with Gasteiger partial charge in [-0.2, -0.15) is 0 Å². The van der Waals surface area contributed by atoms with Crippen molar-refractivity contribution in [2.75, 3.05) is 0 Å². The molecular weight excluding hydrogens is 395 g/mol. The Balaban J connectivity index is 1.92. The third-order valence-electron chi connectivity index (χ3n) is 5.91. The molecule has 1 unspecified atom stereocenters.